The standard InChI is InChI=1S/C18H20N4O2/c1-14-6-4-7-15(12-14)24-11-5-10-19-18(23)21-22-13-20-16-8-2-3-9-17(16)22/h2-4,6-9,12-13H,5,10-11H2,1H3,(H2,19,21,23). The number of nitrogens with zero attached hydrogens (tertiary/aromatic N) is 2. The van der Waals surface area contributed by atoms with Crippen LogP contribution >= 0.6 is 0 Å². The lowest BCUT2D eigenvalue weighted by Crippen LogP contribution is -2.34. The highest BCUT2D eigenvalue weighted by atomic mass is 16.5. The van der Waals surface area contributed by atoms with Crippen LogP contribution in [-0.2, 0) is 0 Å². The van der Waals surface area contributed by atoms with Crippen molar-refractivity contribution < 1.29 is 9.53 Å². The Kier molecular flexibility index (Phi) is 4.96. The van der Waals surface area contributed by atoms with E-state index in [-0.39, 0.29) is 6.03 Å². The molecule has 0 aliphatic carbocycles. The average molecular weight is 324 g/mol. The van der Waals surface area contributed by atoms with Gasteiger partial charge in [0.2, 0.25) is 0 Å². The van der Waals surface area contributed by atoms with Gasteiger partial charge in [-0.2, -0.15) is 0 Å². The third-order valence-electron chi connectivity index (χ3n) is 3.54. The number of carbonyl (C=O) groups excluding carboxylic acids is 1. The summed E-state index contributed by atoms with van der Waals surface area (Å²) in [5, 5.41) is 2.80. The fourth-order valence-electron chi connectivity index (χ4n) is 2.37. The van der Waals surface area contributed by atoms with Gasteiger partial charge >= 0.3 is 6.03 Å². The van der Waals surface area contributed by atoms with E-state index >= 15 is 0 Å². The predicted octanol–water partition coefficient (Wildman–Crippen LogP) is 3.07. The molecular weight excluding hydrogens is 304 g/mol. The third-order valence-corrected chi connectivity index (χ3v) is 3.54. The van der Waals surface area contributed by atoms with Crippen molar-refractivity contribution in [2.24, 2.45) is 0 Å². The lowest BCUT2D eigenvalue weighted by atomic mass is 10.2. The molecule has 0 unspecified atom stereocenters. The van der Waals surface area contributed by atoms with Crippen LogP contribution in [0.1, 0.15) is 12.0 Å². The first kappa shape index (κ1) is 15.9. The number of ether oxygens (including phenoxy) is 1. The number of amides is 2. The second kappa shape index (κ2) is 7.50. The first-order valence-corrected chi connectivity index (χ1v) is 7.89. The number of aromatic nitrogens is 2. The molecule has 24 heavy (non-hydrogen) atoms. The summed E-state index contributed by atoms with van der Waals surface area (Å²) in [6.07, 6.45) is 2.32. The zero-order valence-corrected chi connectivity index (χ0v) is 13.5. The second-order valence-corrected chi connectivity index (χ2v) is 5.49. The van der Waals surface area contributed by atoms with Crippen molar-refractivity contribution in [2.45, 2.75) is 13.3 Å². The molecule has 0 saturated carbocycles. The first-order chi connectivity index (χ1) is 11.7. The molecule has 3 aromatic rings. The van der Waals surface area contributed by atoms with Crippen LogP contribution < -0.4 is 15.5 Å². The number of hydrogen-bond donors (Lipinski definition) is 2. The number of fused-ring (bicyclic) bond motifs is 1. The van der Waals surface area contributed by atoms with Crippen molar-refractivity contribution in [3.05, 3.63) is 60.4 Å². The summed E-state index contributed by atoms with van der Waals surface area (Å²) in [7, 11) is 0. The van der Waals surface area contributed by atoms with Gasteiger partial charge in [0, 0.05) is 6.54 Å². The molecule has 2 amide bonds. The van der Waals surface area contributed by atoms with Crippen LogP contribution in [-0.4, -0.2) is 28.8 Å². The highest BCUT2D eigenvalue weighted by Crippen LogP contribution is 2.12. The number of urea groups is 1. The molecular formula is C18H20N4O2. The molecule has 2 aromatic carbocycles. The molecule has 0 radical (unpaired) electrons. The number of aryl methyl sites for hydroxylation is 1. The number of rotatable bonds is 6. The van der Waals surface area contributed by atoms with Gasteiger partial charge in [-0.05, 0) is 43.2 Å². The van der Waals surface area contributed by atoms with Crippen molar-refractivity contribution in [3.8, 4) is 5.75 Å². The maximum atomic E-state index is 11.9. The van der Waals surface area contributed by atoms with E-state index < -0.39 is 0 Å². The highest BCUT2D eigenvalue weighted by Gasteiger charge is 2.04. The Morgan fingerprint density at radius 2 is 2.08 bits per heavy atom. The van der Waals surface area contributed by atoms with E-state index in [9.17, 15) is 4.79 Å². The van der Waals surface area contributed by atoms with Gasteiger partial charge in [0.1, 0.15) is 12.1 Å². The zero-order valence-electron chi connectivity index (χ0n) is 13.5. The summed E-state index contributed by atoms with van der Waals surface area (Å²) in [5.74, 6) is 0.851. The molecule has 3 rings (SSSR count). The van der Waals surface area contributed by atoms with E-state index in [1.54, 1.807) is 11.0 Å². The molecule has 124 valence electrons. The molecule has 0 aliphatic rings. The van der Waals surface area contributed by atoms with Crippen LogP contribution in [0.4, 0.5) is 4.79 Å². The van der Waals surface area contributed by atoms with Gasteiger partial charge in [-0.1, -0.05) is 24.3 Å². The minimum atomic E-state index is -0.270. The summed E-state index contributed by atoms with van der Waals surface area (Å²) in [6, 6.07) is 15.3. The van der Waals surface area contributed by atoms with Crippen molar-refractivity contribution >= 4 is 17.1 Å². The maximum Gasteiger partial charge on any atom is 0.333 e. The molecule has 0 saturated heterocycles. The van der Waals surface area contributed by atoms with Crippen LogP contribution in [0.3, 0.4) is 0 Å². The van der Waals surface area contributed by atoms with Gasteiger partial charge in [0.05, 0.1) is 17.6 Å². The SMILES string of the molecule is Cc1cccc(OCCCNC(=O)Nn2cnc3ccccc32)c1. The third kappa shape index (κ3) is 4.04. The van der Waals surface area contributed by atoms with Gasteiger partial charge in [-0.15, -0.1) is 0 Å². The lowest BCUT2D eigenvalue weighted by Gasteiger charge is -2.10. The Hall–Kier alpha value is -3.02. The van der Waals surface area contributed by atoms with Crippen molar-refractivity contribution in [3.63, 3.8) is 0 Å². The Morgan fingerprint density at radius 1 is 1.21 bits per heavy atom. The predicted molar refractivity (Wildman–Crippen MR) is 93.8 cm³/mol. The molecule has 6 nitrogen and oxygen atoms in total. The van der Waals surface area contributed by atoms with Crippen LogP contribution in [0, 0.1) is 6.92 Å². The van der Waals surface area contributed by atoms with Gasteiger partial charge in [0.15, 0.2) is 0 Å². The fourth-order valence-corrected chi connectivity index (χ4v) is 2.37. The van der Waals surface area contributed by atoms with Crippen molar-refractivity contribution in [1.82, 2.24) is 15.0 Å². The Balaban J connectivity index is 1.40. The van der Waals surface area contributed by atoms with Crippen LogP contribution in [0.15, 0.2) is 54.9 Å². The number of nitrogens with one attached hydrogen (secondary N) is 2. The molecule has 2 N–H and O–H groups in total. The Bertz CT molecular complexity index is 829. The normalized spacial score (nSPS) is 10.5. The summed E-state index contributed by atoms with van der Waals surface area (Å²) in [4.78, 5) is 16.1. The summed E-state index contributed by atoms with van der Waals surface area (Å²) in [6.45, 7) is 3.11. The molecule has 0 fully saturated rings. The number of carbonyl (C=O) groups is 1. The molecule has 0 atom stereocenters. The second-order valence-electron chi connectivity index (χ2n) is 5.49. The average Bonchev–Trinajstić information content (AvgIpc) is 2.98. The van der Waals surface area contributed by atoms with Crippen LogP contribution in [0.2, 0.25) is 0 Å². The van der Waals surface area contributed by atoms with Gasteiger partial charge in [-0.25, -0.2) is 19.9 Å². The Labute approximate surface area is 140 Å². The van der Waals surface area contributed by atoms with Crippen molar-refractivity contribution in [2.75, 3.05) is 18.6 Å². The van der Waals surface area contributed by atoms with E-state index in [1.807, 2.05) is 55.5 Å². The number of hydrogen-bond acceptors (Lipinski definition) is 3. The molecule has 1 aromatic heterocycles. The minimum Gasteiger partial charge on any atom is -0.494 e. The summed E-state index contributed by atoms with van der Waals surface area (Å²) >= 11 is 0. The number of para-hydroxylation sites is 2. The van der Waals surface area contributed by atoms with E-state index in [2.05, 4.69) is 15.7 Å². The van der Waals surface area contributed by atoms with Crippen LogP contribution in [0.25, 0.3) is 11.0 Å². The highest BCUT2D eigenvalue weighted by molar-refractivity contribution is 5.84. The smallest absolute Gasteiger partial charge is 0.333 e. The molecule has 0 aliphatic heterocycles. The molecule has 0 spiro atoms. The van der Waals surface area contributed by atoms with E-state index in [1.165, 1.54) is 0 Å². The van der Waals surface area contributed by atoms with Crippen LogP contribution in [0.5, 0.6) is 5.75 Å². The molecule has 6 heteroatoms. The van der Waals surface area contributed by atoms with Gasteiger partial charge in [0.25, 0.3) is 0 Å². The van der Waals surface area contributed by atoms with Gasteiger partial charge in [-0.3, -0.25) is 0 Å². The summed E-state index contributed by atoms with van der Waals surface area (Å²) < 4.78 is 7.25. The van der Waals surface area contributed by atoms with Gasteiger partial charge < -0.3 is 10.1 Å². The van der Waals surface area contributed by atoms with E-state index in [0.29, 0.717) is 13.2 Å². The van der Waals surface area contributed by atoms with Crippen molar-refractivity contribution in [1.29, 1.82) is 0 Å². The summed E-state index contributed by atoms with van der Waals surface area (Å²) in [5.41, 5.74) is 5.60. The Morgan fingerprint density at radius 3 is 2.96 bits per heavy atom. The monoisotopic (exact) mass is 324 g/mol. The lowest BCUT2D eigenvalue weighted by molar-refractivity contribution is 0.247. The fraction of sp³-hybridized carbons (Fsp3) is 0.222. The van der Waals surface area contributed by atoms with E-state index in [0.717, 1.165) is 28.8 Å². The topological polar surface area (TPSA) is 68.2 Å². The minimum absolute atomic E-state index is 0.270. The number of benzene rings is 2. The van der Waals surface area contributed by atoms with E-state index in [4.69, 9.17) is 4.74 Å². The zero-order chi connectivity index (χ0) is 16.8. The maximum absolute atomic E-state index is 11.9. The quantitative estimate of drug-likeness (QED) is 0.685. The first-order valence-electron chi connectivity index (χ1n) is 7.89. The molecule has 0 bridgehead atoms. The largest absolute Gasteiger partial charge is 0.494 e. The molecule has 1 heterocycles. The number of imidazole rings is 1.